The van der Waals surface area contributed by atoms with Crippen molar-refractivity contribution in [2.24, 2.45) is 0 Å². The first kappa shape index (κ1) is 9.48. The number of hydrogen-bond donors (Lipinski definition) is 1. The number of esters is 1. The Bertz CT molecular complexity index is 166. The van der Waals surface area contributed by atoms with Crippen LogP contribution in [0.15, 0.2) is 0 Å². The summed E-state index contributed by atoms with van der Waals surface area (Å²) in [5.41, 5.74) is -0.160. The van der Waals surface area contributed by atoms with E-state index in [0.29, 0.717) is 6.61 Å². The predicted octanol–water partition coefficient (Wildman–Crippen LogP) is -0.0720. The van der Waals surface area contributed by atoms with Crippen molar-refractivity contribution in [3.05, 3.63) is 0 Å². The molecule has 4 nitrogen and oxygen atoms in total. The topological polar surface area (TPSA) is 47.6 Å². The van der Waals surface area contributed by atoms with Crippen LogP contribution in [0.4, 0.5) is 0 Å². The van der Waals surface area contributed by atoms with Gasteiger partial charge in [0.05, 0.1) is 12.2 Å². The summed E-state index contributed by atoms with van der Waals surface area (Å²) in [6.45, 7) is 5.86. The standard InChI is InChI=1S/C8H15NO3/c1-3-11-7(10)4-12-8(2)5-9-6-8/h9H,3-6H2,1-2H3. The van der Waals surface area contributed by atoms with Crippen molar-refractivity contribution in [1.82, 2.24) is 5.32 Å². The zero-order valence-electron chi connectivity index (χ0n) is 7.55. The molecule has 70 valence electrons. The maximum atomic E-state index is 10.9. The van der Waals surface area contributed by atoms with Crippen LogP contribution in [-0.2, 0) is 14.3 Å². The molecule has 4 heteroatoms. The van der Waals surface area contributed by atoms with E-state index >= 15 is 0 Å². The zero-order valence-corrected chi connectivity index (χ0v) is 7.55. The van der Waals surface area contributed by atoms with Crippen molar-refractivity contribution < 1.29 is 14.3 Å². The monoisotopic (exact) mass is 173 g/mol. The van der Waals surface area contributed by atoms with Crippen LogP contribution < -0.4 is 5.32 Å². The Morgan fingerprint density at radius 2 is 2.25 bits per heavy atom. The molecule has 0 atom stereocenters. The highest BCUT2D eigenvalue weighted by molar-refractivity contribution is 5.70. The second kappa shape index (κ2) is 3.87. The number of nitrogens with one attached hydrogen (secondary N) is 1. The molecule has 1 rings (SSSR count). The van der Waals surface area contributed by atoms with Crippen molar-refractivity contribution >= 4 is 5.97 Å². The minimum absolute atomic E-state index is 0.0615. The van der Waals surface area contributed by atoms with Crippen LogP contribution in [0.5, 0.6) is 0 Å². The number of carbonyl (C=O) groups is 1. The summed E-state index contributed by atoms with van der Waals surface area (Å²) in [5.74, 6) is -0.286. The molecule has 0 bridgehead atoms. The van der Waals surface area contributed by atoms with Gasteiger partial charge < -0.3 is 14.8 Å². The van der Waals surface area contributed by atoms with Gasteiger partial charge in [0.25, 0.3) is 0 Å². The number of carbonyl (C=O) groups excluding carboxylic acids is 1. The quantitative estimate of drug-likeness (QED) is 0.604. The fourth-order valence-corrected chi connectivity index (χ4v) is 1.01. The van der Waals surface area contributed by atoms with E-state index in [2.05, 4.69) is 5.32 Å². The molecule has 1 saturated heterocycles. The second-order valence-corrected chi connectivity index (χ2v) is 3.15. The van der Waals surface area contributed by atoms with Gasteiger partial charge in [0, 0.05) is 13.1 Å². The minimum atomic E-state index is -0.286. The van der Waals surface area contributed by atoms with Gasteiger partial charge in [-0.15, -0.1) is 0 Å². The molecular weight excluding hydrogens is 158 g/mol. The minimum Gasteiger partial charge on any atom is -0.464 e. The molecular formula is C8H15NO3. The number of ether oxygens (including phenoxy) is 2. The Hall–Kier alpha value is -0.610. The summed E-state index contributed by atoms with van der Waals surface area (Å²) in [7, 11) is 0. The lowest BCUT2D eigenvalue weighted by Gasteiger charge is -2.38. The first-order valence-corrected chi connectivity index (χ1v) is 4.16. The summed E-state index contributed by atoms with van der Waals surface area (Å²) in [6, 6.07) is 0. The van der Waals surface area contributed by atoms with E-state index in [4.69, 9.17) is 9.47 Å². The van der Waals surface area contributed by atoms with Gasteiger partial charge in [-0.05, 0) is 13.8 Å². The Morgan fingerprint density at radius 1 is 1.58 bits per heavy atom. The van der Waals surface area contributed by atoms with Crippen molar-refractivity contribution in [3.8, 4) is 0 Å². The van der Waals surface area contributed by atoms with Crippen LogP contribution in [0.3, 0.4) is 0 Å². The van der Waals surface area contributed by atoms with E-state index in [9.17, 15) is 4.79 Å². The van der Waals surface area contributed by atoms with Crippen molar-refractivity contribution in [3.63, 3.8) is 0 Å². The molecule has 1 heterocycles. The van der Waals surface area contributed by atoms with Gasteiger partial charge in [-0.25, -0.2) is 4.79 Å². The molecule has 0 aliphatic carbocycles. The lowest BCUT2D eigenvalue weighted by Crippen LogP contribution is -2.59. The summed E-state index contributed by atoms with van der Waals surface area (Å²) in [4.78, 5) is 10.9. The maximum Gasteiger partial charge on any atom is 0.332 e. The average molecular weight is 173 g/mol. The molecule has 1 aliphatic heterocycles. The van der Waals surface area contributed by atoms with Crippen LogP contribution >= 0.6 is 0 Å². The van der Waals surface area contributed by atoms with E-state index in [0.717, 1.165) is 13.1 Å². The average Bonchev–Trinajstić information content (AvgIpc) is 1.98. The Balaban J connectivity index is 2.12. The molecule has 0 radical (unpaired) electrons. The maximum absolute atomic E-state index is 10.9. The van der Waals surface area contributed by atoms with E-state index in [-0.39, 0.29) is 18.2 Å². The normalized spacial score (nSPS) is 19.8. The van der Waals surface area contributed by atoms with Crippen molar-refractivity contribution in [2.75, 3.05) is 26.3 Å². The van der Waals surface area contributed by atoms with Gasteiger partial charge in [-0.3, -0.25) is 0 Å². The SMILES string of the molecule is CCOC(=O)COC1(C)CNC1. The smallest absolute Gasteiger partial charge is 0.332 e. The van der Waals surface area contributed by atoms with Crippen LogP contribution in [0.2, 0.25) is 0 Å². The van der Waals surface area contributed by atoms with Crippen LogP contribution in [0, 0.1) is 0 Å². The highest BCUT2D eigenvalue weighted by Crippen LogP contribution is 2.14. The Morgan fingerprint density at radius 3 is 2.67 bits per heavy atom. The predicted molar refractivity (Wildman–Crippen MR) is 43.9 cm³/mol. The number of hydrogen-bond acceptors (Lipinski definition) is 4. The van der Waals surface area contributed by atoms with E-state index < -0.39 is 0 Å². The van der Waals surface area contributed by atoms with Crippen molar-refractivity contribution in [1.29, 1.82) is 0 Å². The van der Waals surface area contributed by atoms with E-state index in [1.165, 1.54) is 0 Å². The van der Waals surface area contributed by atoms with Crippen LogP contribution in [-0.4, -0.2) is 37.9 Å². The molecule has 0 spiro atoms. The van der Waals surface area contributed by atoms with Crippen LogP contribution in [0.25, 0.3) is 0 Å². The Kier molecular flexibility index (Phi) is 3.05. The summed E-state index contributed by atoms with van der Waals surface area (Å²) < 4.78 is 10.1. The first-order valence-electron chi connectivity index (χ1n) is 4.16. The van der Waals surface area contributed by atoms with Crippen LogP contribution in [0.1, 0.15) is 13.8 Å². The van der Waals surface area contributed by atoms with E-state index in [1.54, 1.807) is 6.92 Å². The van der Waals surface area contributed by atoms with Gasteiger partial charge in [0.15, 0.2) is 0 Å². The van der Waals surface area contributed by atoms with E-state index in [1.807, 2.05) is 6.92 Å². The molecule has 0 aromatic rings. The third-order valence-electron chi connectivity index (χ3n) is 1.84. The molecule has 12 heavy (non-hydrogen) atoms. The highest BCUT2D eigenvalue weighted by atomic mass is 16.6. The largest absolute Gasteiger partial charge is 0.464 e. The van der Waals surface area contributed by atoms with Gasteiger partial charge >= 0.3 is 5.97 Å². The molecule has 0 aromatic carbocycles. The van der Waals surface area contributed by atoms with Gasteiger partial charge in [-0.2, -0.15) is 0 Å². The zero-order chi connectivity index (χ0) is 9.03. The summed E-state index contributed by atoms with van der Waals surface area (Å²) in [5, 5.41) is 3.08. The molecule has 0 amide bonds. The summed E-state index contributed by atoms with van der Waals surface area (Å²) >= 11 is 0. The summed E-state index contributed by atoms with van der Waals surface area (Å²) in [6.07, 6.45) is 0. The Labute approximate surface area is 72.2 Å². The van der Waals surface area contributed by atoms with Gasteiger partial charge in [-0.1, -0.05) is 0 Å². The number of rotatable bonds is 4. The second-order valence-electron chi connectivity index (χ2n) is 3.15. The molecule has 1 fully saturated rings. The third-order valence-corrected chi connectivity index (χ3v) is 1.84. The highest BCUT2D eigenvalue weighted by Gasteiger charge is 2.33. The molecule has 0 aromatic heterocycles. The molecule has 0 unspecified atom stereocenters. The molecule has 1 N–H and O–H groups in total. The molecule has 1 aliphatic rings. The fourth-order valence-electron chi connectivity index (χ4n) is 1.01. The fraction of sp³-hybridized carbons (Fsp3) is 0.875. The third kappa shape index (κ3) is 2.46. The van der Waals surface area contributed by atoms with Gasteiger partial charge in [0.2, 0.25) is 0 Å². The lowest BCUT2D eigenvalue weighted by molar-refractivity contribution is -0.157. The van der Waals surface area contributed by atoms with Crippen molar-refractivity contribution in [2.45, 2.75) is 19.4 Å². The van der Waals surface area contributed by atoms with Gasteiger partial charge in [0.1, 0.15) is 6.61 Å². The lowest BCUT2D eigenvalue weighted by atomic mass is 10.0. The first-order chi connectivity index (χ1) is 5.66. The molecule has 0 saturated carbocycles.